The van der Waals surface area contributed by atoms with Crippen molar-refractivity contribution >= 4 is 17.3 Å². The van der Waals surface area contributed by atoms with Crippen LogP contribution in [0.3, 0.4) is 0 Å². The van der Waals surface area contributed by atoms with Crippen LogP contribution in [0.2, 0.25) is 5.02 Å². The second-order valence-corrected chi connectivity index (χ2v) is 5.74. The Balaban J connectivity index is 2.78. The van der Waals surface area contributed by atoms with Crippen molar-refractivity contribution in [2.45, 2.75) is 40.7 Å². The van der Waals surface area contributed by atoms with E-state index in [0.717, 1.165) is 13.0 Å². The van der Waals surface area contributed by atoms with E-state index in [9.17, 15) is 4.79 Å². The molecule has 1 aromatic rings. The molecule has 0 aliphatic carbocycles. The lowest BCUT2D eigenvalue weighted by molar-refractivity contribution is 0.464. The van der Waals surface area contributed by atoms with E-state index in [1.54, 1.807) is 6.20 Å². The SMILES string of the molecule is CC(C)CCNc1cnn(CC(C)C)c(=O)c1Cl. The van der Waals surface area contributed by atoms with Gasteiger partial charge in [0.05, 0.1) is 11.9 Å². The minimum atomic E-state index is -0.222. The lowest BCUT2D eigenvalue weighted by Crippen LogP contribution is -2.26. The van der Waals surface area contributed by atoms with Crippen LogP contribution in [0.15, 0.2) is 11.0 Å². The van der Waals surface area contributed by atoms with E-state index < -0.39 is 0 Å². The first-order valence-electron chi connectivity index (χ1n) is 6.41. The van der Waals surface area contributed by atoms with Crippen LogP contribution in [0, 0.1) is 11.8 Å². The molecule has 102 valence electrons. The van der Waals surface area contributed by atoms with Crippen LogP contribution in [-0.2, 0) is 6.54 Å². The van der Waals surface area contributed by atoms with E-state index >= 15 is 0 Å². The minimum Gasteiger partial charge on any atom is -0.382 e. The number of hydrogen-bond donors (Lipinski definition) is 1. The highest BCUT2D eigenvalue weighted by molar-refractivity contribution is 6.32. The van der Waals surface area contributed by atoms with Crippen LogP contribution in [0.4, 0.5) is 5.69 Å². The molecule has 4 nitrogen and oxygen atoms in total. The molecule has 0 atom stereocenters. The van der Waals surface area contributed by atoms with Gasteiger partial charge in [0.25, 0.3) is 5.56 Å². The maximum Gasteiger partial charge on any atom is 0.287 e. The second-order valence-electron chi connectivity index (χ2n) is 5.36. The zero-order chi connectivity index (χ0) is 13.7. The zero-order valence-corrected chi connectivity index (χ0v) is 12.3. The van der Waals surface area contributed by atoms with Crippen molar-refractivity contribution in [1.29, 1.82) is 0 Å². The first kappa shape index (κ1) is 15.0. The van der Waals surface area contributed by atoms with Gasteiger partial charge in [0.1, 0.15) is 5.02 Å². The van der Waals surface area contributed by atoms with E-state index in [2.05, 4.69) is 24.3 Å². The van der Waals surface area contributed by atoms with Crippen LogP contribution in [-0.4, -0.2) is 16.3 Å². The lowest BCUT2D eigenvalue weighted by atomic mass is 10.1. The molecule has 0 aliphatic heterocycles. The van der Waals surface area contributed by atoms with E-state index in [0.29, 0.717) is 24.1 Å². The number of aromatic nitrogens is 2. The standard InChI is InChI=1S/C13H22ClN3O/c1-9(2)5-6-15-11-7-16-17(8-10(3)4)13(18)12(11)14/h7,9-10,15H,5-6,8H2,1-4H3. The van der Waals surface area contributed by atoms with Crippen molar-refractivity contribution in [3.05, 3.63) is 21.6 Å². The normalized spacial score (nSPS) is 11.3. The Morgan fingerprint density at radius 1 is 1.33 bits per heavy atom. The molecule has 0 saturated carbocycles. The highest BCUT2D eigenvalue weighted by Gasteiger charge is 2.09. The highest BCUT2D eigenvalue weighted by Crippen LogP contribution is 2.15. The van der Waals surface area contributed by atoms with E-state index in [1.807, 2.05) is 13.8 Å². The van der Waals surface area contributed by atoms with Gasteiger partial charge >= 0.3 is 0 Å². The first-order valence-corrected chi connectivity index (χ1v) is 6.79. The van der Waals surface area contributed by atoms with Gasteiger partial charge in [-0.15, -0.1) is 0 Å². The molecular formula is C13H22ClN3O. The molecular weight excluding hydrogens is 250 g/mol. The molecule has 1 aromatic heterocycles. The second kappa shape index (κ2) is 6.78. The number of halogens is 1. The Hall–Kier alpha value is -1.03. The smallest absolute Gasteiger partial charge is 0.287 e. The summed E-state index contributed by atoms with van der Waals surface area (Å²) >= 11 is 6.06. The molecule has 0 spiro atoms. The molecule has 1 heterocycles. The Morgan fingerprint density at radius 2 is 2.00 bits per heavy atom. The molecule has 18 heavy (non-hydrogen) atoms. The molecule has 0 bridgehead atoms. The molecule has 1 N–H and O–H groups in total. The number of nitrogens with one attached hydrogen (secondary N) is 1. The van der Waals surface area contributed by atoms with Crippen molar-refractivity contribution in [3.63, 3.8) is 0 Å². The van der Waals surface area contributed by atoms with E-state index in [-0.39, 0.29) is 10.6 Å². The largest absolute Gasteiger partial charge is 0.382 e. The van der Waals surface area contributed by atoms with Crippen LogP contribution in [0.5, 0.6) is 0 Å². The average Bonchev–Trinajstić information content (AvgIpc) is 2.27. The predicted molar refractivity (Wildman–Crippen MR) is 76.3 cm³/mol. The summed E-state index contributed by atoms with van der Waals surface area (Å²) in [5, 5.41) is 7.52. The molecule has 0 unspecified atom stereocenters. The number of anilines is 1. The van der Waals surface area contributed by atoms with Gasteiger partial charge in [-0.05, 0) is 18.3 Å². The zero-order valence-electron chi connectivity index (χ0n) is 11.5. The molecule has 0 aliphatic rings. The fourth-order valence-electron chi connectivity index (χ4n) is 1.56. The number of hydrogen-bond acceptors (Lipinski definition) is 3. The highest BCUT2D eigenvalue weighted by atomic mass is 35.5. The third-order valence-corrected chi connectivity index (χ3v) is 2.93. The average molecular weight is 272 g/mol. The maximum absolute atomic E-state index is 12.0. The Kier molecular flexibility index (Phi) is 5.66. The molecule has 0 fully saturated rings. The van der Waals surface area contributed by atoms with Crippen molar-refractivity contribution in [1.82, 2.24) is 9.78 Å². The van der Waals surface area contributed by atoms with Gasteiger partial charge in [0.2, 0.25) is 0 Å². The molecule has 0 aromatic carbocycles. The van der Waals surface area contributed by atoms with Crippen molar-refractivity contribution in [2.75, 3.05) is 11.9 Å². The number of rotatable bonds is 6. The third-order valence-electron chi connectivity index (χ3n) is 2.56. The summed E-state index contributed by atoms with van der Waals surface area (Å²) in [6.45, 7) is 9.77. The number of nitrogens with zero attached hydrogens (tertiary/aromatic N) is 2. The minimum absolute atomic E-state index is 0.222. The fourth-order valence-corrected chi connectivity index (χ4v) is 1.77. The summed E-state index contributed by atoms with van der Waals surface area (Å²) in [6, 6.07) is 0. The first-order chi connectivity index (χ1) is 8.41. The van der Waals surface area contributed by atoms with Crippen LogP contribution >= 0.6 is 11.6 Å². The molecule has 0 amide bonds. The van der Waals surface area contributed by atoms with Gasteiger partial charge in [0.15, 0.2) is 0 Å². The van der Waals surface area contributed by atoms with Crippen molar-refractivity contribution < 1.29 is 0 Å². The van der Waals surface area contributed by atoms with E-state index in [4.69, 9.17) is 11.6 Å². The topological polar surface area (TPSA) is 46.9 Å². The Bertz CT molecular complexity index is 440. The Morgan fingerprint density at radius 3 is 2.56 bits per heavy atom. The molecule has 5 heteroatoms. The van der Waals surface area contributed by atoms with Crippen LogP contribution in [0.25, 0.3) is 0 Å². The summed E-state index contributed by atoms with van der Waals surface area (Å²) in [4.78, 5) is 12.0. The van der Waals surface area contributed by atoms with Gasteiger partial charge in [-0.2, -0.15) is 5.10 Å². The molecule has 0 radical (unpaired) electrons. The van der Waals surface area contributed by atoms with Gasteiger partial charge in [-0.3, -0.25) is 4.79 Å². The molecule has 0 saturated heterocycles. The fraction of sp³-hybridized carbons (Fsp3) is 0.692. The van der Waals surface area contributed by atoms with Crippen LogP contribution < -0.4 is 10.9 Å². The van der Waals surface area contributed by atoms with E-state index in [1.165, 1.54) is 4.68 Å². The summed E-state index contributed by atoms with van der Waals surface area (Å²) < 4.78 is 1.42. The quantitative estimate of drug-likeness (QED) is 0.865. The molecule has 1 rings (SSSR count). The lowest BCUT2D eigenvalue weighted by Gasteiger charge is -2.12. The van der Waals surface area contributed by atoms with Gasteiger partial charge in [0, 0.05) is 13.1 Å². The van der Waals surface area contributed by atoms with Crippen molar-refractivity contribution in [2.24, 2.45) is 11.8 Å². The Labute approximate surface area is 113 Å². The van der Waals surface area contributed by atoms with Crippen LogP contribution in [0.1, 0.15) is 34.1 Å². The van der Waals surface area contributed by atoms with Gasteiger partial charge in [-0.1, -0.05) is 39.3 Å². The monoisotopic (exact) mass is 271 g/mol. The van der Waals surface area contributed by atoms with Crippen molar-refractivity contribution in [3.8, 4) is 0 Å². The summed E-state index contributed by atoms with van der Waals surface area (Å²) in [6.07, 6.45) is 2.66. The summed E-state index contributed by atoms with van der Waals surface area (Å²) in [5.41, 5.74) is 0.405. The maximum atomic E-state index is 12.0. The predicted octanol–water partition coefficient (Wildman–Crippen LogP) is 3.01. The van der Waals surface area contributed by atoms with Gasteiger partial charge in [-0.25, -0.2) is 4.68 Å². The summed E-state index contributed by atoms with van der Waals surface area (Å²) in [7, 11) is 0. The van der Waals surface area contributed by atoms with Gasteiger partial charge < -0.3 is 5.32 Å². The summed E-state index contributed by atoms with van der Waals surface area (Å²) in [5.74, 6) is 0.983. The third kappa shape index (κ3) is 4.33.